The number of aromatic nitrogens is 1. The summed E-state index contributed by atoms with van der Waals surface area (Å²) in [5, 5.41) is 0.541. The lowest BCUT2D eigenvalue weighted by molar-refractivity contribution is 0.910. The van der Waals surface area contributed by atoms with E-state index in [0.29, 0.717) is 11.4 Å². The molecule has 0 N–H and O–H groups in total. The first-order valence-corrected chi connectivity index (χ1v) is 7.94. The van der Waals surface area contributed by atoms with Gasteiger partial charge in [0.15, 0.2) is 0 Å². The summed E-state index contributed by atoms with van der Waals surface area (Å²) in [7, 11) is 0. The monoisotopic (exact) mass is 455 g/mol. The smallest absolute Gasteiger partial charge is 0.0637 e. The molecular formula is C13H9BrCl2IN. The molecule has 1 unspecified atom stereocenters. The Balaban J connectivity index is 2.25. The van der Waals surface area contributed by atoms with Gasteiger partial charge in [0.05, 0.1) is 10.4 Å². The van der Waals surface area contributed by atoms with Gasteiger partial charge in [0.2, 0.25) is 0 Å². The normalized spacial score (nSPS) is 12.4. The van der Waals surface area contributed by atoms with E-state index >= 15 is 0 Å². The van der Waals surface area contributed by atoms with E-state index in [2.05, 4.69) is 49.6 Å². The number of halogens is 4. The molecule has 1 atom stereocenters. The average molecular weight is 457 g/mol. The molecule has 0 amide bonds. The van der Waals surface area contributed by atoms with Crippen LogP contribution in [-0.2, 0) is 6.42 Å². The largest absolute Gasteiger partial charge is 0.263 e. The SMILES string of the molecule is Clc1cnccc1CC(Cl)c1cc(I)ccc1Br. The zero-order valence-corrected chi connectivity index (χ0v) is 14.5. The number of nitrogens with zero attached hydrogens (tertiary/aromatic N) is 1. The van der Waals surface area contributed by atoms with Crippen molar-refractivity contribution in [2.24, 2.45) is 0 Å². The Hall–Kier alpha value is 0.160. The van der Waals surface area contributed by atoms with Gasteiger partial charge in [0.1, 0.15) is 0 Å². The Labute approximate surface area is 138 Å². The third-order valence-corrected chi connectivity index (χ3v) is 4.67. The van der Waals surface area contributed by atoms with Crippen LogP contribution in [0.3, 0.4) is 0 Å². The maximum absolute atomic E-state index is 6.48. The molecule has 2 rings (SSSR count). The maximum Gasteiger partial charge on any atom is 0.0637 e. The molecule has 94 valence electrons. The highest BCUT2D eigenvalue weighted by Crippen LogP contribution is 2.33. The summed E-state index contributed by atoms with van der Waals surface area (Å²) in [6, 6.07) is 8.04. The fraction of sp³-hybridized carbons (Fsp3) is 0.154. The highest BCUT2D eigenvalue weighted by Gasteiger charge is 2.14. The fourth-order valence-corrected chi connectivity index (χ4v) is 3.34. The third kappa shape index (κ3) is 3.59. The van der Waals surface area contributed by atoms with Crippen LogP contribution in [0, 0.1) is 3.57 Å². The van der Waals surface area contributed by atoms with Gasteiger partial charge in [-0.05, 0) is 64.4 Å². The molecule has 0 radical (unpaired) electrons. The summed E-state index contributed by atoms with van der Waals surface area (Å²) in [5.74, 6) is 0. The van der Waals surface area contributed by atoms with Gasteiger partial charge >= 0.3 is 0 Å². The van der Waals surface area contributed by atoms with Gasteiger partial charge in [0, 0.05) is 20.4 Å². The van der Waals surface area contributed by atoms with E-state index in [-0.39, 0.29) is 5.38 Å². The summed E-state index contributed by atoms with van der Waals surface area (Å²) in [5.41, 5.74) is 2.09. The van der Waals surface area contributed by atoms with E-state index in [1.165, 1.54) is 0 Å². The van der Waals surface area contributed by atoms with Gasteiger partial charge in [-0.15, -0.1) is 11.6 Å². The summed E-state index contributed by atoms with van der Waals surface area (Å²) in [6.07, 6.45) is 4.06. The van der Waals surface area contributed by atoms with Crippen molar-refractivity contribution in [3.05, 3.63) is 60.9 Å². The zero-order valence-electron chi connectivity index (χ0n) is 9.21. The Morgan fingerprint density at radius 2 is 2.11 bits per heavy atom. The standard InChI is InChI=1S/C13H9BrCl2IN/c14-11-2-1-9(17)6-10(11)12(15)5-8-3-4-18-7-13(8)16/h1-4,6-7,12H,5H2. The van der Waals surface area contributed by atoms with Crippen LogP contribution in [0.1, 0.15) is 16.5 Å². The number of alkyl halides is 1. The second kappa shape index (κ2) is 6.55. The number of rotatable bonds is 3. The van der Waals surface area contributed by atoms with E-state index in [4.69, 9.17) is 23.2 Å². The Morgan fingerprint density at radius 1 is 1.33 bits per heavy atom. The molecule has 1 heterocycles. The predicted octanol–water partition coefficient (Wildman–Crippen LogP) is 5.62. The number of benzene rings is 1. The van der Waals surface area contributed by atoms with Crippen LogP contribution in [0.5, 0.6) is 0 Å². The van der Waals surface area contributed by atoms with Gasteiger partial charge in [-0.1, -0.05) is 27.5 Å². The summed E-state index contributed by atoms with van der Waals surface area (Å²) >= 11 is 18.4. The second-order valence-electron chi connectivity index (χ2n) is 3.80. The second-order valence-corrected chi connectivity index (χ2v) is 6.84. The Kier molecular flexibility index (Phi) is 5.30. The molecule has 0 spiro atoms. The van der Waals surface area contributed by atoms with Crippen molar-refractivity contribution < 1.29 is 0 Å². The van der Waals surface area contributed by atoms with Crippen LogP contribution in [0.2, 0.25) is 5.02 Å². The summed E-state index contributed by atoms with van der Waals surface area (Å²) in [4.78, 5) is 3.97. The van der Waals surface area contributed by atoms with Gasteiger partial charge < -0.3 is 0 Å². The minimum atomic E-state index is -0.117. The molecule has 1 aromatic heterocycles. The van der Waals surface area contributed by atoms with E-state index in [0.717, 1.165) is 19.2 Å². The lowest BCUT2D eigenvalue weighted by atomic mass is 10.0. The van der Waals surface area contributed by atoms with Crippen molar-refractivity contribution in [1.82, 2.24) is 4.98 Å². The first kappa shape index (κ1) is 14.6. The maximum atomic E-state index is 6.48. The number of pyridine rings is 1. The topological polar surface area (TPSA) is 12.9 Å². The molecule has 2 aromatic rings. The summed E-state index contributed by atoms with van der Waals surface area (Å²) in [6.45, 7) is 0. The van der Waals surface area contributed by atoms with E-state index < -0.39 is 0 Å². The molecular weight excluding hydrogens is 448 g/mol. The first-order chi connectivity index (χ1) is 8.58. The summed E-state index contributed by atoms with van der Waals surface area (Å²) < 4.78 is 2.19. The van der Waals surface area contributed by atoms with Crippen molar-refractivity contribution in [3.8, 4) is 0 Å². The Morgan fingerprint density at radius 3 is 2.83 bits per heavy atom. The van der Waals surface area contributed by atoms with Crippen LogP contribution in [0.15, 0.2) is 41.1 Å². The van der Waals surface area contributed by atoms with Crippen LogP contribution in [0.25, 0.3) is 0 Å². The molecule has 0 aliphatic carbocycles. The van der Waals surface area contributed by atoms with Crippen molar-refractivity contribution in [1.29, 1.82) is 0 Å². The molecule has 5 heteroatoms. The molecule has 0 saturated carbocycles. The van der Waals surface area contributed by atoms with Gasteiger partial charge in [-0.25, -0.2) is 0 Å². The highest BCUT2D eigenvalue weighted by atomic mass is 127. The molecule has 0 fully saturated rings. The van der Waals surface area contributed by atoms with Crippen LogP contribution in [-0.4, -0.2) is 4.98 Å². The Bertz CT molecular complexity index is 562. The molecule has 0 aliphatic rings. The van der Waals surface area contributed by atoms with Crippen LogP contribution in [0.4, 0.5) is 0 Å². The van der Waals surface area contributed by atoms with E-state index in [1.807, 2.05) is 18.2 Å². The molecule has 1 nitrogen and oxygen atoms in total. The molecule has 0 saturated heterocycles. The lowest BCUT2D eigenvalue weighted by Gasteiger charge is -2.13. The van der Waals surface area contributed by atoms with Gasteiger partial charge in [0.25, 0.3) is 0 Å². The van der Waals surface area contributed by atoms with E-state index in [9.17, 15) is 0 Å². The quantitative estimate of drug-likeness (QED) is 0.431. The average Bonchev–Trinajstić information content (AvgIpc) is 2.35. The minimum Gasteiger partial charge on any atom is -0.263 e. The third-order valence-electron chi connectivity index (χ3n) is 2.55. The molecule has 0 bridgehead atoms. The van der Waals surface area contributed by atoms with Crippen molar-refractivity contribution >= 4 is 61.7 Å². The minimum absolute atomic E-state index is 0.117. The van der Waals surface area contributed by atoms with Gasteiger partial charge in [-0.2, -0.15) is 0 Å². The van der Waals surface area contributed by atoms with Crippen molar-refractivity contribution in [3.63, 3.8) is 0 Å². The van der Waals surface area contributed by atoms with Crippen molar-refractivity contribution in [2.75, 3.05) is 0 Å². The van der Waals surface area contributed by atoms with E-state index in [1.54, 1.807) is 12.4 Å². The fourth-order valence-electron chi connectivity index (χ4n) is 1.63. The molecule has 1 aromatic carbocycles. The van der Waals surface area contributed by atoms with Crippen LogP contribution >= 0.6 is 61.7 Å². The molecule has 0 aliphatic heterocycles. The first-order valence-electron chi connectivity index (χ1n) is 5.25. The van der Waals surface area contributed by atoms with Crippen LogP contribution < -0.4 is 0 Å². The highest BCUT2D eigenvalue weighted by molar-refractivity contribution is 14.1. The van der Waals surface area contributed by atoms with Gasteiger partial charge in [-0.3, -0.25) is 4.98 Å². The zero-order chi connectivity index (χ0) is 13.1. The molecule has 18 heavy (non-hydrogen) atoms. The lowest BCUT2D eigenvalue weighted by Crippen LogP contribution is -1.98. The number of hydrogen-bond donors (Lipinski definition) is 0. The van der Waals surface area contributed by atoms with Crippen molar-refractivity contribution in [2.45, 2.75) is 11.8 Å². The number of hydrogen-bond acceptors (Lipinski definition) is 1. The predicted molar refractivity (Wildman–Crippen MR) is 88.4 cm³/mol.